The molecule has 1 fully saturated rings. The number of ether oxygens (including phenoxy) is 2. The molecule has 3 heteroatoms. The van der Waals surface area contributed by atoms with Crippen LogP contribution in [0.15, 0.2) is 18.2 Å². The molecule has 114 valence electrons. The van der Waals surface area contributed by atoms with Gasteiger partial charge in [0.2, 0.25) is 0 Å². The monoisotopic (exact) mass is 288 g/mol. The van der Waals surface area contributed by atoms with Crippen molar-refractivity contribution in [3.05, 3.63) is 29.3 Å². The molecule has 1 aliphatic carbocycles. The van der Waals surface area contributed by atoms with Crippen molar-refractivity contribution in [2.75, 3.05) is 13.7 Å². The molecule has 0 bridgehead atoms. The Balaban J connectivity index is 1.97. The third kappa shape index (κ3) is 4.77. The van der Waals surface area contributed by atoms with Gasteiger partial charge in [0.1, 0.15) is 12.4 Å². The third-order valence-electron chi connectivity index (χ3n) is 4.01. The summed E-state index contributed by atoms with van der Waals surface area (Å²) in [5.74, 6) is 7.15. The highest BCUT2D eigenvalue weighted by molar-refractivity contribution is 5.48. The Morgan fingerprint density at radius 1 is 1.24 bits per heavy atom. The molecule has 0 aliphatic heterocycles. The van der Waals surface area contributed by atoms with E-state index in [-0.39, 0.29) is 6.61 Å². The van der Waals surface area contributed by atoms with Crippen molar-refractivity contribution in [3.8, 4) is 17.6 Å². The maximum atomic E-state index is 8.82. The summed E-state index contributed by atoms with van der Waals surface area (Å²) in [6.07, 6.45) is 5.24. The number of hydrogen-bond acceptors (Lipinski definition) is 3. The molecule has 1 saturated carbocycles. The smallest absolute Gasteiger partial charge is 0.134 e. The van der Waals surface area contributed by atoms with Crippen LogP contribution < -0.4 is 4.74 Å². The highest BCUT2D eigenvalue weighted by Gasteiger charge is 2.18. The molecular formula is C18H24O3. The zero-order valence-electron chi connectivity index (χ0n) is 12.9. The normalized spacial score (nSPS) is 21.5. The number of hydrogen-bond donors (Lipinski definition) is 1. The molecular weight excluding hydrogens is 264 g/mol. The standard InChI is InChI=1S/C18H24O3/c1-14-5-8-17(9-6-14)21-13-15-7-10-18(20-2)16(12-15)4-3-11-19/h7,10,12,14,17,19H,5-6,8-9,11,13H2,1-2H3. The summed E-state index contributed by atoms with van der Waals surface area (Å²) in [6.45, 7) is 2.77. The van der Waals surface area contributed by atoms with E-state index in [1.807, 2.05) is 18.2 Å². The number of rotatable bonds is 4. The second-order valence-corrected chi connectivity index (χ2v) is 5.69. The van der Waals surface area contributed by atoms with Crippen LogP contribution in [0.3, 0.4) is 0 Å². The van der Waals surface area contributed by atoms with Gasteiger partial charge in [0.05, 0.1) is 25.4 Å². The maximum Gasteiger partial charge on any atom is 0.134 e. The molecule has 0 amide bonds. The fourth-order valence-electron chi connectivity index (χ4n) is 2.69. The van der Waals surface area contributed by atoms with Crippen molar-refractivity contribution in [2.45, 2.75) is 45.3 Å². The van der Waals surface area contributed by atoms with Crippen LogP contribution in [0.1, 0.15) is 43.7 Å². The van der Waals surface area contributed by atoms with E-state index >= 15 is 0 Å². The molecule has 2 rings (SSSR count). The van der Waals surface area contributed by atoms with Crippen LogP contribution in [0.4, 0.5) is 0 Å². The van der Waals surface area contributed by atoms with Crippen LogP contribution in [0.2, 0.25) is 0 Å². The number of aliphatic hydroxyl groups excluding tert-OH is 1. The molecule has 1 N–H and O–H groups in total. The Bertz CT molecular complexity index is 505. The summed E-state index contributed by atoms with van der Waals surface area (Å²) >= 11 is 0. The first-order chi connectivity index (χ1) is 10.2. The number of aliphatic hydroxyl groups is 1. The molecule has 0 heterocycles. The summed E-state index contributed by atoms with van der Waals surface area (Å²) < 4.78 is 11.3. The van der Waals surface area contributed by atoms with Gasteiger partial charge in [0.15, 0.2) is 0 Å². The minimum Gasteiger partial charge on any atom is -0.495 e. The van der Waals surface area contributed by atoms with E-state index < -0.39 is 0 Å². The van der Waals surface area contributed by atoms with Gasteiger partial charge in [-0.1, -0.05) is 24.8 Å². The zero-order chi connectivity index (χ0) is 15.1. The molecule has 1 aromatic rings. The second-order valence-electron chi connectivity index (χ2n) is 5.69. The lowest BCUT2D eigenvalue weighted by atomic mass is 9.89. The average Bonchev–Trinajstić information content (AvgIpc) is 2.52. The lowest BCUT2D eigenvalue weighted by Gasteiger charge is -2.26. The Kier molecular flexibility index (Phi) is 6.10. The maximum absolute atomic E-state index is 8.82. The van der Waals surface area contributed by atoms with Crippen molar-refractivity contribution in [1.82, 2.24) is 0 Å². The van der Waals surface area contributed by atoms with Gasteiger partial charge in [-0.05, 0) is 49.3 Å². The van der Waals surface area contributed by atoms with Crippen molar-refractivity contribution in [3.63, 3.8) is 0 Å². The van der Waals surface area contributed by atoms with Crippen LogP contribution >= 0.6 is 0 Å². The molecule has 3 nitrogen and oxygen atoms in total. The quantitative estimate of drug-likeness (QED) is 0.865. The van der Waals surface area contributed by atoms with E-state index in [4.69, 9.17) is 14.6 Å². The van der Waals surface area contributed by atoms with E-state index in [1.165, 1.54) is 12.8 Å². The molecule has 0 radical (unpaired) electrons. The van der Waals surface area contributed by atoms with E-state index in [9.17, 15) is 0 Å². The van der Waals surface area contributed by atoms with E-state index in [2.05, 4.69) is 18.8 Å². The first kappa shape index (κ1) is 15.9. The van der Waals surface area contributed by atoms with Crippen LogP contribution in [0, 0.1) is 17.8 Å². The second kappa shape index (κ2) is 8.07. The molecule has 0 atom stereocenters. The Hall–Kier alpha value is -1.50. The van der Waals surface area contributed by atoms with Crippen molar-refractivity contribution < 1.29 is 14.6 Å². The summed E-state index contributed by atoms with van der Waals surface area (Å²) in [5.41, 5.74) is 1.89. The zero-order valence-corrected chi connectivity index (χ0v) is 12.9. The van der Waals surface area contributed by atoms with Crippen LogP contribution in [0.5, 0.6) is 5.75 Å². The summed E-state index contributed by atoms with van der Waals surface area (Å²) in [7, 11) is 1.62. The van der Waals surface area contributed by atoms with Crippen molar-refractivity contribution in [2.24, 2.45) is 5.92 Å². The van der Waals surface area contributed by atoms with Gasteiger partial charge in [-0.25, -0.2) is 0 Å². The number of benzene rings is 1. The van der Waals surface area contributed by atoms with Gasteiger partial charge < -0.3 is 14.6 Å². The fraction of sp³-hybridized carbons (Fsp3) is 0.556. The van der Waals surface area contributed by atoms with Gasteiger partial charge in [-0.2, -0.15) is 0 Å². The van der Waals surface area contributed by atoms with Gasteiger partial charge >= 0.3 is 0 Å². The summed E-state index contributed by atoms with van der Waals surface area (Å²) in [6, 6.07) is 5.89. The topological polar surface area (TPSA) is 38.7 Å². The SMILES string of the molecule is COc1ccc(COC2CCC(C)CC2)cc1C#CCO. The van der Waals surface area contributed by atoms with Crippen molar-refractivity contribution in [1.29, 1.82) is 0 Å². The third-order valence-corrected chi connectivity index (χ3v) is 4.01. The lowest BCUT2D eigenvalue weighted by Crippen LogP contribution is -2.20. The predicted molar refractivity (Wildman–Crippen MR) is 83.2 cm³/mol. The lowest BCUT2D eigenvalue weighted by molar-refractivity contribution is 0.00875. The molecule has 0 unspecified atom stereocenters. The average molecular weight is 288 g/mol. The van der Waals surface area contributed by atoms with E-state index in [1.54, 1.807) is 7.11 Å². The Morgan fingerprint density at radius 3 is 2.67 bits per heavy atom. The fourth-order valence-corrected chi connectivity index (χ4v) is 2.69. The summed E-state index contributed by atoms with van der Waals surface area (Å²) in [4.78, 5) is 0. The Labute approximate surface area is 127 Å². The van der Waals surface area contributed by atoms with Crippen molar-refractivity contribution >= 4 is 0 Å². The molecule has 1 aliphatic rings. The summed E-state index contributed by atoms with van der Waals surface area (Å²) in [5, 5.41) is 8.82. The highest BCUT2D eigenvalue weighted by atomic mass is 16.5. The molecule has 0 spiro atoms. The Morgan fingerprint density at radius 2 is 2.00 bits per heavy atom. The first-order valence-electron chi connectivity index (χ1n) is 7.61. The minimum atomic E-state index is -0.149. The molecule has 0 saturated heterocycles. The van der Waals surface area contributed by atoms with Gasteiger partial charge in [-0.3, -0.25) is 0 Å². The van der Waals surface area contributed by atoms with Crippen LogP contribution in [0.25, 0.3) is 0 Å². The molecule has 0 aromatic heterocycles. The predicted octanol–water partition coefficient (Wildman–Crippen LogP) is 3.13. The van der Waals surface area contributed by atoms with Crippen LogP contribution in [-0.2, 0) is 11.3 Å². The van der Waals surface area contributed by atoms with Crippen LogP contribution in [-0.4, -0.2) is 24.9 Å². The number of methoxy groups -OCH3 is 1. The molecule has 21 heavy (non-hydrogen) atoms. The van der Waals surface area contributed by atoms with Gasteiger partial charge in [0, 0.05) is 0 Å². The van der Waals surface area contributed by atoms with E-state index in [0.29, 0.717) is 12.7 Å². The van der Waals surface area contributed by atoms with Gasteiger partial charge in [-0.15, -0.1) is 0 Å². The largest absolute Gasteiger partial charge is 0.495 e. The highest BCUT2D eigenvalue weighted by Crippen LogP contribution is 2.26. The van der Waals surface area contributed by atoms with Gasteiger partial charge in [0.25, 0.3) is 0 Å². The van der Waals surface area contributed by atoms with E-state index in [0.717, 1.165) is 35.6 Å². The first-order valence-corrected chi connectivity index (χ1v) is 7.61. The molecule has 1 aromatic carbocycles. The minimum absolute atomic E-state index is 0.149.